The predicted molar refractivity (Wildman–Crippen MR) is 61.4 cm³/mol. The van der Waals surface area contributed by atoms with Crippen LogP contribution in [0.2, 0.25) is 0 Å². The average Bonchev–Trinajstić information content (AvgIpc) is 2.64. The minimum atomic E-state index is -1.04. The minimum absolute atomic E-state index is 0.288. The van der Waals surface area contributed by atoms with Gasteiger partial charge in [-0.2, -0.15) is 11.8 Å². The molecule has 1 aliphatic rings. The molecule has 1 amide bonds. The van der Waals surface area contributed by atoms with Crippen LogP contribution in [0.15, 0.2) is 0 Å². The Balaban J connectivity index is 2.27. The third-order valence-corrected chi connectivity index (χ3v) is 4.07. The van der Waals surface area contributed by atoms with E-state index in [0.29, 0.717) is 12.2 Å². The first-order valence-corrected chi connectivity index (χ1v) is 6.45. The normalized spacial score (nSPS) is 20.3. The Bertz CT molecular complexity index is 253. The molecular formula is C10H17NO4S. The molecule has 1 unspecified atom stereocenters. The molecule has 0 aromatic rings. The average molecular weight is 247 g/mol. The smallest absolute Gasteiger partial charge is 0.327 e. The first kappa shape index (κ1) is 13.3. The van der Waals surface area contributed by atoms with Crippen LogP contribution in [0, 0.1) is 0 Å². The van der Waals surface area contributed by atoms with E-state index in [2.05, 4.69) is 5.32 Å². The van der Waals surface area contributed by atoms with Gasteiger partial charge in [0, 0.05) is 11.5 Å². The number of thioether (sulfide) groups is 1. The van der Waals surface area contributed by atoms with Gasteiger partial charge in [-0.3, -0.25) is 4.79 Å². The third kappa shape index (κ3) is 4.02. The molecule has 92 valence electrons. The molecule has 1 rings (SSSR count). The Kier molecular flexibility index (Phi) is 5.08. The van der Waals surface area contributed by atoms with E-state index >= 15 is 0 Å². The molecule has 0 aromatic carbocycles. The van der Waals surface area contributed by atoms with Crippen molar-refractivity contribution in [2.75, 3.05) is 11.5 Å². The van der Waals surface area contributed by atoms with E-state index in [1.54, 1.807) is 0 Å². The molecule has 1 atom stereocenters. The van der Waals surface area contributed by atoms with E-state index in [4.69, 9.17) is 5.11 Å². The zero-order valence-electron chi connectivity index (χ0n) is 9.02. The highest BCUT2D eigenvalue weighted by Gasteiger charge is 2.31. The molecule has 0 heterocycles. The Labute approximate surface area is 98.6 Å². The number of hydrogen-bond acceptors (Lipinski definition) is 4. The number of aliphatic carboxylic acids is 1. The van der Waals surface area contributed by atoms with Crippen molar-refractivity contribution >= 4 is 24.1 Å². The minimum Gasteiger partial charge on any atom is -0.480 e. The van der Waals surface area contributed by atoms with Crippen molar-refractivity contribution in [2.24, 2.45) is 0 Å². The summed E-state index contributed by atoms with van der Waals surface area (Å²) in [7, 11) is 0. The highest BCUT2D eigenvalue weighted by molar-refractivity contribution is 7.99. The fourth-order valence-corrected chi connectivity index (χ4v) is 3.08. The van der Waals surface area contributed by atoms with E-state index in [0.717, 1.165) is 25.7 Å². The lowest BCUT2D eigenvalue weighted by atomic mass is 10.1. The van der Waals surface area contributed by atoms with Gasteiger partial charge in [0.05, 0.1) is 5.60 Å². The Morgan fingerprint density at radius 2 is 2.12 bits per heavy atom. The van der Waals surface area contributed by atoms with Crippen LogP contribution in [-0.4, -0.2) is 45.7 Å². The summed E-state index contributed by atoms with van der Waals surface area (Å²) in [6.07, 6.45) is 4.04. The number of rotatable bonds is 7. The van der Waals surface area contributed by atoms with Crippen LogP contribution < -0.4 is 5.32 Å². The Morgan fingerprint density at radius 3 is 2.62 bits per heavy atom. The zero-order chi connectivity index (χ0) is 12.0. The van der Waals surface area contributed by atoms with Gasteiger partial charge in [-0.05, 0) is 12.8 Å². The lowest BCUT2D eigenvalue weighted by Gasteiger charge is -2.22. The number of carboxylic acids is 1. The number of carbonyl (C=O) groups is 2. The molecule has 16 heavy (non-hydrogen) atoms. The second-order valence-electron chi connectivity index (χ2n) is 4.12. The molecule has 0 bridgehead atoms. The summed E-state index contributed by atoms with van der Waals surface area (Å²) >= 11 is 1.37. The van der Waals surface area contributed by atoms with Crippen LogP contribution in [0.3, 0.4) is 0 Å². The molecule has 1 aliphatic carbocycles. The largest absolute Gasteiger partial charge is 0.480 e. The van der Waals surface area contributed by atoms with Gasteiger partial charge in [-0.1, -0.05) is 12.8 Å². The molecule has 0 radical (unpaired) electrons. The quantitative estimate of drug-likeness (QED) is 0.560. The summed E-state index contributed by atoms with van der Waals surface area (Å²) in [6.45, 7) is 0. The van der Waals surface area contributed by atoms with Crippen LogP contribution in [0.5, 0.6) is 0 Å². The first-order chi connectivity index (χ1) is 7.57. The van der Waals surface area contributed by atoms with Crippen LogP contribution in [0.1, 0.15) is 25.7 Å². The van der Waals surface area contributed by atoms with Crippen molar-refractivity contribution in [2.45, 2.75) is 37.3 Å². The highest BCUT2D eigenvalue weighted by atomic mass is 32.2. The Hall–Kier alpha value is -0.750. The second-order valence-corrected chi connectivity index (χ2v) is 5.15. The lowest BCUT2D eigenvalue weighted by Crippen LogP contribution is -2.38. The summed E-state index contributed by atoms with van der Waals surface area (Å²) in [5.41, 5.74) is -0.630. The number of carboxylic acid groups (broad SMARTS) is 1. The lowest BCUT2D eigenvalue weighted by molar-refractivity contribution is -0.139. The summed E-state index contributed by atoms with van der Waals surface area (Å²) < 4.78 is 0. The number of amides is 1. The number of carbonyl (C=O) groups excluding carboxylic acids is 1. The van der Waals surface area contributed by atoms with Crippen molar-refractivity contribution in [3.63, 3.8) is 0 Å². The fourth-order valence-electron chi connectivity index (χ4n) is 1.82. The topological polar surface area (TPSA) is 86.6 Å². The van der Waals surface area contributed by atoms with E-state index < -0.39 is 17.6 Å². The van der Waals surface area contributed by atoms with Crippen LogP contribution >= 0.6 is 11.8 Å². The van der Waals surface area contributed by atoms with Gasteiger partial charge in [0.2, 0.25) is 6.41 Å². The summed E-state index contributed by atoms with van der Waals surface area (Å²) in [5, 5.41) is 21.0. The monoisotopic (exact) mass is 247 g/mol. The maximum absolute atomic E-state index is 10.7. The van der Waals surface area contributed by atoms with Gasteiger partial charge in [0.25, 0.3) is 0 Å². The van der Waals surface area contributed by atoms with Crippen LogP contribution in [0.25, 0.3) is 0 Å². The molecule has 5 nitrogen and oxygen atoms in total. The Morgan fingerprint density at radius 1 is 1.50 bits per heavy atom. The number of nitrogens with one attached hydrogen (secondary N) is 1. The fraction of sp³-hybridized carbons (Fsp3) is 0.800. The van der Waals surface area contributed by atoms with Crippen LogP contribution in [-0.2, 0) is 9.59 Å². The standard InChI is InChI=1S/C10H17NO4S/c12-7-11-8(9(13)14)5-16-6-10(15)3-1-2-4-10/h7-8,15H,1-6H2,(H,11,12)(H,13,14). The van der Waals surface area contributed by atoms with Crippen LogP contribution in [0.4, 0.5) is 0 Å². The predicted octanol–water partition coefficient (Wildman–Crippen LogP) is 0.224. The molecule has 1 saturated carbocycles. The highest BCUT2D eigenvalue weighted by Crippen LogP contribution is 2.32. The zero-order valence-corrected chi connectivity index (χ0v) is 9.83. The number of aliphatic hydroxyl groups is 1. The third-order valence-electron chi connectivity index (χ3n) is 2.76. The molecule has 0 aromatic heterocycles. The van der Waals surface area contributed by atoms with Gasteiger partial charge in [-0.15, -0.1) is 0 Å². The van der Waals surface area contributed by atoms with Gasteiger partial charge in [-0.25, -0.2) is 4.79 Å². The molecule has 3 N–H and O–H groups in total. The second kappa shape index (κ2) is 6.10. The van der Waals surface area contributed by atoms with Crippen molar-refractivity contribution < 1.29 is 19.8 Å². The SMILES string of the molecule is O=CNC(CSCC1(O)CCCC1)C(=O)O. The van der Waals surface area contributed by atoms with E-state index in [1.165, 1.54) is 11.8 Å². The van der Waals surface area contributed by atoms with E-state index in [1.807, 2.05) is 0 Å². The van der Waals surface area contributed by atoms with Crippen molar-refractivity contribution in [3.8, 4) is 0 Å². The maximum Gasteiger partial charge on any atom is 0.327 e. The van der Waals surface area contributed by atoms with E-state index in [-0.39, 0.29) is 5.75 Å². The molecule has 0 spiro atoms. The van der Waals surface area contributed by atoms with Gasteiger partial charge in [0.1, 0.15) is 6.04 Å². The number of hydrogen-bond donors (Lipinski definition) is 3. The maximum atomic E-state index is 10.7. The summed E-state index contributed by atoms with van der Waals surface area (Å²) in [5.74, 6) is -0.216. The summed E-state index contributed by atoms with van der Waals surface area (Å²) in [4.78, 5) is 20.9. The van der Waals surface area contributed by atoms with Crippen molar-refractivity contribution in [3.05, 3.63) is 0 Å². The molecular weight excluding hydrogens is 230 g/mol. The van der Waals surface area contributed by atoms with Crippen molar-refractivity contribution in [1.29, 1.82) is 0 Å². The summed E-state index contributed by atoms with van der Waals surface area (Å²) in [6, 6.07) is -0.868. The molecule has 1 fully saturated rings. The molecule has 6 heteroatoms. The van der Waals surface area contributed by atoms with Gasteiger partial charge >= 0.3 is 5.97 Å². The van der Waals surface area contributed by atoms with Crippen molar-refractivity contribution in [1.82, 2.24) is 5.32 Å². The molecule has 0 aliphatic heterocycles. The van der Waals surface area contributed by atoms with Gasteiger partial charge < -0.3 is 15.5 Å². The van der Waals surface area contributed by atoms with Gasteiger partial charge in [0.15, 0.2) is 0 Å². The first-order valence-electron chi connectivity index (χ1n) is 5.30. The van der Waals surface area contributed by atoms with E-state index in [9.17, 15) is 14.7 Å². The molecule has 0 saturated heterocycles.